The van der Waals surface area contributed by atoms with Crippen molar-refractivity contribution in [3.8, 4) is 0 Å². The van der Waals surface area contributed by atoms with Gasteiger partial charge in [0.15, 0.2) is 0 Å². The number of hydrogen-bond acceptors (Lipinski definition) is 5. The molecular weight excluding hydrogens is 352 g/mol. The number of nitrogens with one attached hydrogen (secondary N) is 4. The van der Waals surface area contributed by atoms with Crippen LogP contribution in [0.25, 0.3) is 0 Å². The predicted molar refractivity (Wildman–Crippen MR) is 114 cm³/mol. The zero-order valence-corrected chi connectivity index (χ0v) is 16.2. The van der Waals surface area contributed by atoms with Crippen LogP contribution in [0.2, 0.25) is 0 Å². The van der Waals surface area contributed by atoms with Crippen LogP contribution < -0.4 is 21.3 Å². The third-order valence-corrected chi connectivity index (χ3v) is 3.92. The van der Waals surface area contributed by atoms with Gasteiger partial charge in [-0.15, -0.1) is 0 Å². The largest absolute Gasteiger partial charge is 0.370 e. The zero-order chi connectivity index (χ0) is 19.9. The van der Waals surface area contributed by atoms with Gasteiger partial charge in [-0.3, -0.25) is 0 Å². The van der Waals surface area contributed by atoms with Crippen molar-refractivity contribution in [1.29, 1.82) is 0 Å². The van der Waals surface area contributed by atoms with Crippen molar-refractivity contribution in [2.45, 2.75) is 20.8 Å². The van der Waals surface area contributed by atoms with Gasteiger partial charge in [0.2, 0.25) is 0 Å². The van der Waals surface area contributed by atoms with Gasteiger partial charge in [-0.1, -0.05) is 17.7 Å². The van der Waals surface area contributed by atoms with Gasteiger partial charge in [-0.2, -0.15) is 0 Å². The van der Waals surface area contributed by atoms with E-state index >= 15 is 0 Å². The summed E-state index contributed by atoms with van der Waals surface area (Å²) in [7, 11) is 0. The van der Waals surface area contributed by atoms with Gasteiger partial charge in [0.1, 0.15) is 17.5 Å². The summed E-state index contributed by atoms with van der Waals surface area (Å²) in [6, 6.07) is 16.6. The number of amides is 2. The summed E-state index contributed by atoms with van der Waals surface area (Å²) in [4.78, 5) is 20.8. The minimum atomic E-state index is -0.286. The Hall–Kier alpha value is -3.61. The third kappa shape index (κ3) is 5.44. The Morgan fingerprint density at radius 3 is 1.96 bits per heavy atom. The topological polar surface area (TPSA) is 91.0 Å². The first-order valence-electron chi connectivity index (χ1n) is 9.13. The average Bonchev–Trinajstić information content (AvgIpc) is 2.65. The first kappa shape index (κ1) is 19.2. The maximum Gasteiger partial charge on any atom is 0.323 e. The summed E-state index contributed by atoms with van der Waals surface area (Å²) >= 11 is 0. The molecule has 0 unspecified atom stereocenters. The van der Waals surface area contributed by atoms with Gasteiger partial charge in [0.05, 0.1) is 0 Å². The van der Waals surface area contributed by atoms with Crippen molar-refractivity contribution in [3.63, 3.8) is 0 Å². The molecule has 3 aromatic rings. The lowest BCUT2D eigenvalue weighted by molar-refractivity contribution is 0.262. The first-order valence-corrected chi connectivity index (χ1v) is 9.13. The first-order chi connectivity index (χ1) is 13.5. The van der Waals surface area contributed by atoms with Gasteiger partial charge in [-0.05, 0) is 57.2 Å². The van der Waals surface area contributed by atoms with Gasteiger partial charge >= 0.3 is 6.03 Å². The smallest absolute Gasteiger partial charge is 0.323 e. The second kappa shape index (κ2) is 8.85. The van der Waals surface area contributed by atoms with E-state index in [1.807, 2.05) is 75.4 Å². The number of carbonyl (C=O) groups excluding carboxylic acids is 1. The van der Waals surface area contributed by atoms with Crippen molar-refractivity contribution in [1.82, 2.24) is 9.97 Å². The van der Waals surface area contributed by atoms with Crippen LogP contribution >= 0.6 is 0 Å². The molecule has 0 saturated carbocycles. The van der Waals surface area contributed by atoms with Crippen molar-refractivity contribution < 1.29 is 4.79 Å². The third-order valence-electron chi connectivity index (χ3n) is 3.92. The Morgan fingerprint density at radius 2 is 1.36 bits per heavy atom. The van der Waals surface area contributed by atoms with Crippen LogP contribution in [0.3, 0.4) is 0 Å². The highest BCUT2D eigenvalue weighted by molar-refractivity contribution is 5.99. The van der Waals surface area contributed by atoms with Crippen LogP contribution in [0.15, 0.2) is 54.6 Å². The quantitative estimate of drug-likeness (QED) is 0.490. The molecule has 0 aliphatic rings. The van der Waals surface area contributed by atoms with Gasteiger partial charge in [-0.25, -0.2) is 14.8 Å². The highest BCUT2D eigenvalue weighted by atomic mass is 16.2. The van der Waals surface area contributed by atoms with Gasteiger partial charge in [0.25, 0.3) is 0 Å². The summed E-state index contributed by atoms with van der Waals surface area (Å²) in [5.41, 5.74) is 3.45. The lowest BCUT2D eigenvalue weighted by Gasteiger charge is -2.11. The van der Waals surface area contributed by atoms with E-state index in [0.29, 0.717) is 17.3 Å². The maximum atomic E-state index is 12.1. The molecule has 7 nitrogen and oxygen atoms in total. The Kier molecular flexibility index (Phi) is 6.06. The van der Waals surface area contributed by atoms with E-state index < -0.39 is 0 Å². The molecule has 28 heavy (non-hydrogen) atoms. The number of rotatable bonds is 6. The Bertz CT molecular complexity index is 938. The average molecular weight is 376 g/mol. The molecule has 1 aromatic heterocycles. The van der Waals surface area contributed by atoms with Crippen molar-refractivity contribution >= 4 is 34.7 Å². The summed E-state index contributed by atoms with van der Waals surface area (Å²) in [5, 5.41) is 12.1. The summed E-state index contributed by atoms with van der Waals surface area (Å²) < 4.78 is 0. The molecule has 0 aliphatic heterocycles. The summed E-state index contributed by atoms with van der Waals surface area (Å²) in [5.74, 6) is 2.18. The monoisotopic (exact) mass is 376 g/mol. The van der Waals surface area contributed by atoms with Crippen molar-refractivity contribution in [2.75, 3.05) is 27.8 Å². The highest BCUT2D eigenvalue weighted by Crippen LogP contribution is 2.20. The fourth-order valence-electron chi connectivity index (χ4n) is 2.62. The van der Waals surface area contributed by atoms with E-state index in [2.05, 4.69) is 31.2 Å². The number of hydrogen-bond donors (Lipinski definition) is 4. The molecule has 0 radical (unpaired) electrons. The molecule has 0 aliphatic carbocycles. The number of nitrogens with zero attached hydrogens (tertiary/aromatic N) is 2. The Balaban J connectivity index is 1.60. The van der Waals surface area contributed by atoms with E-state index in [9.17, 15) is 4.79 Å². The van der Waals surface area contributed by atoms with Crippen LogP contribution in [0, 0.1) is 13.8 Å². The second-order valence-corrected chi connectivity index (χ2v) is 6.36. The van der Waals surface area contributed by atoms with Crippen LogP contribution in [-0.4, -0.2) is 22.5 Å². The van der Waals surface area contributed by atoms with Crippen molar-refractivity contribution in [2.24, 2.45) is 0 Å². The van der Waals surface area contributed by atoms with Crippen LogP contribution in [0.4, 0.5) is 33.5 Å². The SMILES string of the molecule is CCNc1cc(Nc2ccc(NC(=O)Nc3ccc(C)cc3)cc2)nc(C)n1. The minimum absolute atomic E-state index is 0.286. The van der Waals surface area contributed by atoms with E-state index in [1.165, 1.54) is 0 Å². The number of aryl methyl sites for hydroxylation is 2. The number of aromatic nitrogens is 2. The molecule has 3 rings (SSSR count). The predicted octanol–water partition coefficient (Wildman–Crippen LogP) is 4.91. The molecule has 0 spiro atoms. The lowest BCUT2D eigenvalue weighted by Crippen LogP contribution is -2.19. The van der Waals surface area contributed by atoms with E-state index in [4.69, 9.17) is 0 Å². The molecular formula is C21H24N6O. The number of carbonyl (C=O) groups is 1. The van der Waals surface area contributed by atoms with Gasteiger partial charge < -0.3 is 21.3 Å². The fourth-order valence-corrected chi connectivity index (χ4v) is 2.62. The fraction of sp³-hybridized carbons (Fsp3) is 0.190. The van der Waals surface area contributed by atoms with Crippen molar-refractivity contribution in [3.05, 3.63) is 66.0 Å². The number of benzene rings is 2. The molecule has 2 amide bonds. The van der Waals surface area contributed by atoms with Gasteiger partial charge in [0, 0.05) is 29.7 Å². The van der Waals surface area contributed by atoms with E-state index in [-0.39, 0.29) is 6.03 Å². The number of anilines is 5. The summed E-state index contributed by atoms with van der Waals surface area (Å²) in [6.45, 7) is 6.67. The molecule has 1 heterocycles. The normalized spacial score (nSPS) is 10.2. The molecule has 2 aromatic carbocycles. The highest BCUT2D eigenvalue weighted by Gasteiger charge is 2.05. The minimum Gasteiger partial charge on any atom is -0.370 e. The Labute approximate surface area is 164 Å². The number of urea groups is 1. The standard InChI is InChI=1S/C21H24N6O/c1-4-22-19-13-20(24-15(3)23-19)25-16-9-11-18(12-10-16)27-21(28)26-17-7-5-14(2)6-8-17/h5-13H,4H2,1-3H3,(H2,26,27,28)(H2,22,23,24,25). The molecule has 144 valence electrons. The van der Waals surface area contributed by atoms with Crippen LogP contribution in [0.1, 0.15) is 18.3 Å². The second-order valence-electron chi connectivity index (χ2n) is 6.36. The summed E-state index contributed by atoms with van der Waals surface area (Å²) in [6.07, 6.45) is 0. The molecule has 0 fully saturated rings. The molecule has 7 heteroatoms. The maximum absolute atomic E-state index is 12.1. The van der Waals surface area contributed by atoms with Crippen LogP contribution in [0.5, 0.6) is 0 Å². The zero-order valence-electron chi connectivity index (χ0n) is 16.2. The van der Waals surface area contributed by atoms with E-state index in [0.717, 1.165) is 29.3 Å². The molecule has 0 atom stereocenters. The molecule has 0 saturated heterocycles. The lowest BCUT2D eigenvalue weighted by atomic mass is 10.2. The Morgan fingerprint density at radius 1 is 0.821 bits per heavy atom. The van der Waals surface area contributed by atoms with E-state index in [1.54, 1.807) is 0 Å². The molecule has 4 N–H and O–H groups in total. The molecule has 0 bridgehead atoms. The van der Waals surface area contributed by atoms with Crippen LogP contribution in [-0.2, 0) is 0 Å².